The van der Waals surface area contributed by atoms with E-state index in [9.17, 15) is 9.59 Å². The highest BCUT2D eigenvalue weighted by molar-refractivity contribution is 9.10. The van der Waals surface area contributed by atoms with Gasteiger partial charge in [-0.2, -0.15) is 0 Å². The molecule has 1 amide bonds. The first-order chi connectivity index (χ1) is 7.00. The molecule has 0 saturated heterocycles. The normalized spacial score (nSPS) is 11.9. The molecule has 0 radical (unpaired) electrons. The van der Waals surface area contributed by atoms with Gasteiger partial charge in [-0.1, -0.05) is 15.9 Å². The van der Waals surface area contributed by atoms with Crippen LogP contribution in [-0.4, -0.2) is 16.0 Å². The number of anilines is 1. The van der Waals surface area contributed by atoms with Gasteiger partial charge >= 0.3 is 0 Å². The Morgan fingerprint density at radius 1 is 1.33 bits per heavy atom. The molecule has 80 valence electrons. The number of halogens is 2. The molecule has 0 fully saturated rings. The van der Waals surface area contributed by atoms with Crippen molar-refractivity contribution in [1.82, 2.24) is 0 Å². The van der Waals surface area contributed by atoms with E-state index in [1.807, 2.05) is 0 Å². The van der Waals surface area contributed by atoms with Gasteiger partial charge in [-0.05, 0) is 24.3 Å². The number of rotatable bonds is 3. The van der Waals surface area contributed by atoms with Crippen LogP contribution in [0.15, 0.2) is 24.3 Å². The van der Waals surface area contributed by atoms with Gasteiger partial charge in [-0.3, -0.25) is 9.59 Å². The van der Waals surface area contributed by atoms with Crippen LogP contribution in [0, 0.1) is 0 Å². The highest BCUT2D eigenvalue weighted by Gasteiger charge is 2.13. The standard InChI is InChI=1S/C10H9BrClNO2/c1-6(14)13-8-4-2-7(3-5-8)9(15)10(11)12/h2-5,10H,1H3,(H,13,14). The molecule has 1 unspecified atom stereocenters. The molecule has 3 nitrogen and oxygen atoms in total. The number of benzene rings is 1. The summed E-state index contributed by atoms with van der Waals surface area (Å²) in [6.45, 7) is 1.42. The fraction of sp³-hybridized carbons (Fsp3) is 0.200. The number of ketones is 1. The molecule has 1 atom stereocenters. The molecule has 5 heteroatoms. The summed E-state index contributed by atoms with van der Waals surface area (Å²) in [5.74, 6) is -0.351. The zero-order valence-corrected chi connectivity index (χ0v) is 10.3. The predicted octanol–water partition coefficient (Wildman–Crippen LogP) is 2.79. The highest BCUT2D eigenvalue weighted by Crippen LogP contribution is 2.16. The van der Waals surface area contributed by atoms with Gasteiger partial charge < -0.3 is 5.32 Å². The average Bonchev–Trinajstić information content (AvgIpc) is 2.17. The maximum atomic E-state index is 11.4. The summed E-state index contributed by atoms with van der Waals surface area (Å²) in [5.41, 5.74) is 1.15. The lowest BCUT2D eigenvalue weighted by Gasteiger charge is -2.04. The summed E-state index contributed by atoms with van der Waals surface area (Å²) in [6.07, 6.45) is 0. The molecule has 0 aliphatic heterocycles. The third-order valence-corrected chi connectivity index (χ3v) is 2.30. The smallest absolute Gasteiger partial charge is 0.221 e. The molecule has 0 spiro atoms. The van der Waals surface area contributed by atoms with Crippen molar-refractivity contribution in [2.24, 2.45) is 0 Å². The Balaban J connectivity index is 2.81. The van der Waals surface area contributed by atoms with E-state index in [4.69, 9.17) is 11.6 Å². The number of amides is 1. The second kappa shape index (κ2) is 5.28. The minimum absolute atomic E-state index is 0.148. The molecular formula is C10H9BrClNO2. The van der Waals surface area contributed by atoms with Crippen LogP contribution in [0.4, 0.5) is 5.69 Å². The van der Waals surface area contributed by atoms with Gasteiger partial charge in [0.25, 0.3) is 0 Å². The maximum absolute atomic E-state index is 11.4. The fourth-order valence-electron chi connectivity index (χ4n) is 1.05. The van der Waals surface area contributed by atoms with E-state index in [2.05, 4.69) is 21.2 Å². The Labute approximate surface area is 101 Å². The lowest BCUT2D eigenvalue weighted by Crippen LogP contribution is -2.09. The summed E-state index contributed by atoms with van der Waals surface area (Å²) >= 11 is 8.57. The molecule has 0 saturated carbocycles. The second-order valence-electron chi connectivity index (χ2n) is 2.92. The molecule has 1 aromatic rings. The lowest BCUT2D eigenvalue weighted by molar-refractivity contribution is -0.114. The lowest BCUT2D eigenvalue weighted by atomic mass is 10.1. The summed E-state index contributed by atoms with van der Waals surface area (Å²) in [4.78, 5) is 22.1. The highest BCUT2D eigenvalue weighted by atomic mass is 79.9. The zero-order chi connectivity index (χ0) is 11.4. The van der Waals surface area contributed by atoms with Crippen LogP contribution >= 0.6 is 27.5 Å². The third-order valence-electron chi connectivity index (χ3n) is 1.69. The minimum atomic E-state index is -0.718. The molecule has 1 rings (SSSR count). The van der Waals surface area contributed by atoms with E-state index in [0.29, 0.717) is 11.3 Å². The van der Waals surface area contributed by atoms with Crippen molar-refractivity contribution in [3.63, 3.8) is 0 Å². The monoisotopic (exact) mass is 289 g/mol. The first kappa shape index (κ1) is 12.2. The molecule has 15 heavy (non-hydrogen) atoms. The summed E-state index contributed by atoms with van der Waals surface area (Å²) in [7, 11) is 0. The molecule has 1 N–H and O–H groups in total. The Morgan fingerprint density at radius 2 is 1.87 bits per heavy atom. The van der Waals surface area contributed by atoms with Crippen molar-refractivity contribution in [3.05, 3.63) is 29.8 Å². The number of Topliss-reactive ketones (excluding diaryl/α,β-unsaturated/α-hetero) is 1. The molecule has 0 aliphatic carbocycles. The topological polar surface area (TPSA) is 46.2 Å². The quantitative estimate of drug-likeness (QED) is 0.687. The van der Waals surface area contributed by atoms with Crippen molar-refractivity contribution in [2.45, 2.75) is 11.2 Å². The van der Waals surface area contributed by atoms with E-state index in [0.717, 1.165) is 0 Å². The van der Waals surface area contributed by atoms with Gasteiger partial charge in [0.15, 0.2) is 10.1 Å². The Kier molecular flexibility index (Phi) is 4.29. The van der Waals surface area contributed by atoms with E-state index >= 15 is 0 Å². The van der Waals surface area contributed by atoms with Gasteiger partial charge in [0.05, 0.1) is 0 Å². The van der Waals surface area contributed by atoms with Gasteiger partial charge in [0.1, 0.15) is 0 Å². The number of hydrogen-bond acceptors (Lipinski definition) is 2. The van der Waals surface area contributed by atoms with Crippen molar-refractivity contribution in [2.75, 3.05) is 5.32 Å². The summed E-state index contributed by atoms with van der Waals surface area (Å²) in [5, 5.41) is 2.61. The predicted molar refractivity (Wildman–Crippen MR) is 63.6 cm³/mol. The SMILES string of the molecule is CC(=O)Nc1ccc(C(=O)C(Cl)Br)cc1. The van der Waals surface area contributed by atoms with Crippen LogP contribution in [0.25, 0.3) is 0 Å². The van der Waals surface area contributed by atoms with Crippen molar-refractivity contribution < 1.29 is 9.59 Å². The fourth-order valence-corrected chi connectivity index (χ4v) is 1.44. The van der Waals surface area contributed by atoms with Crippen LogP contribution in [0.1, 0.15) is 17.3 Å². The van der Waals surface area contributed by atoms with E-state index in [-0.39, 0.29) is 11.7 Å². The average molecular weight is 291 g/mol. The summed E-state index contributed by atoms with van der Waals surface area (Å²) < 4.78 is -0.718. The molecule has 0 bridgehead atoms. The molecule has 0 aliphatic rings. The van der Waals surface area contributed by atoms with Crippen molar-refractivity contribution in [3.8, 4) is 0 Å². The number of carbonyl (C=O) groups excluding carboxylic acids is 2. The number of nitrogens with one attached hydrogen (secondary N) is 1. The van der Waals surface area contributed by atoms with Crippen LogP contribution in [0.2, 0.25) is 0 Å². The van der Waals surface area contributed by atoms with Gasteiger partial charge in [0.2, 0.25) is 5.91 Å². The maximum Gasteiger partial charge on any atom is 0.221 e. The van der Waals surface area contributed by atoms with Crippen LogP contribution in [0.3, 0.4) is 0 Å². The Morgan fingerprint density at radius 3 is 2.27 bits per heavy atom. The number of hydrogen-bond donors (Lipinski definition) is 1. The zero-order valence-electron chi connectivity index (χ0n) is 7.96. The van der Waals surface area contributed by atoms with Gasteiger partial charge in [-0.15, -0.1) is 11.6 Å². The summed E-state index contributed by atoms with van der Waals surface area (Å²) in [6, 6.07) is 6.54. The van der Waals surface area contributed by atoms with E-state index < -0.39 is 4.29 Å². The molecular weight excluding hydrogens is 281 g/mol. The van der Waals surface area contributed by atoms with Gasteiger partial charge in [0, 0.05) is 18.2 Å². The Hall–Kier alpha value is -0.870. The third kappa shape index (κ3) is 3.64. The van der Waals surface area contributed by atoms with E-state index in [1.165, 1.54) is 6.92 Å². The van der Waals surface area contributed by atoms with Crippen molar-refractivity contribution in [1.29, 1.82) is 0 Å². The second-order valence-corrected chi connectivity index (χ2v) is 4.80. The van der Waals surface area contributed by atoms with E-state index in [1.54, 1.807) is 24.3 Å². The minimum Gasteiger partial charge on any atom is -0.326 e. The number of carbonyl (C=O) groups is 2. The van der Waals surface area contributed by atoms with Crippen LogP contribution in [-0.2, 0) is 4.79 Å². The van der Waals surface area contributed by atoms with Crippen LogP contribution in [0.5, 0.6) is 0 Å². The molecule has 1 aromatic carbocycles. The van der Waals surface area contributed by atoms with Gasteiger partial charge in [-0.25, -0.2) is 0 Å². The number of alkyl halides is 2. The Bertz CT molecular complexity index is 376. The molecule has 0 aromatic heterocycles. The van der Waals surface area contributed by atoms with Crippen LogP contribution < -0.4 is 5.32 Å². The largest absolute Gasteiger partial charge is 0.326 e. The van der Waals surface area contributed by atoms with Crippen molar-refractivity contribution >= 4 is 44.9 Å². The first-order valence-corrected chi connectivity index (χ1v) is 5.56. The molecule has 0 heterocycles. The first-order valence-electron chi connectivity index (χ1n) is 4.20.